The van der Waals surface area contributed by atoms with Crippen molar-refractivity contribution in [3.05, 3.63) is 29.8 Å². The number of nitrogens with zero attached hydrogens (tertiary/aromatic N) is 1. The van der Waals surface area contributed by atoms with E-state index in [9.17, 15) is 9.59 Å². The molecule has 1 rings (SSSR count). The molecule has 0 unspecified atom stereocenters. The van der Waals surface area contributed by atoms with Crippen LogP contribution in [0.5, 0.6) is 5.75 Å². The molecule has 9 nitrogen and oxygen atoms in total. The predicted molar refractivity (Wildman–Crippen MR) is 118 cm³/mol. The highest BCUT2D eigenvalue weighted by molar-refractivity contribution is 5.94. The first-order chi connectivity index (χ1) is 14.0. The number of rotatable bonds is 8. The number of benzene rings is 1. The molecule has 30 heavy (non-hydrogen) atoms. The average molecular weight is 422 g/mol. The van der Waals surface area contributed by atoms with Crippen LogP contribution in [0.25, 0.3) is 0 Å². The highest BCUT2D eigenvalue weighted by Gasteiger charge is 2.24. The van der Waals surface area contributed by atoms with E-state index in [1.54, 1.807) is 38.4 Å². The van der Waals surface area contributed by atoms with E-state index >= 15 is 0 Å². The van der Waals surface area contributed by atoms with Crippen molar-refractivity contribution in [2.24, 2.45) is 4.99 Å². The average Bonchev–Trinajstić information content (AvgIpc) is 2.65. The summed E-state index contributed by atoms with van der Waals surface area (Å²) in [5, 5.41) is 11.9. The van der Waals surface area contributed by atoms with Gasteiger partial charge in [-0.05, 0) is 58.9 Å². The minimum atomic E-state index is -0.554. The van der Waals surface area contributed by atoms with Gasteiger partial charge in [0.05, 0.1) is 12.6 Å². The maximum atomic E-state index is 12.1. The Hall–Kier alpha value is -2.97. The summed E-state index contributed by atoms with van der Waals surface area (Å²) >= 11 is 0. The van der Waals surface area contributed by atoms with Crippen LogP contribution >= 0.6 is 0 Å². The first-order valence-corrected chi connectivity index (χ1v) is 9.84. The van der Waals surface area contributed by atoms with E-state index in [0.29, 0.717) is 36.9 Å². The van der Waals surface area contributed by atoms with Gasteiger partial charge in [-0.15, -0.1) is 0 Å². The summed E-state index contributed by atoms with van der Waals surface area (Å²) in [4.78, 5) is 28.2. The van der Waals surface area contributed by atoms with Crippen LogP contribution in [0.3, 0.4) is 0 Å². The van der Waals surface area contributed by atoms with Gasteiger partial charge in [0.15, 0.2) is 5.96 Å². The summed E-state index contributed by atoms with van der Waals surface area (Å²) < 4.78 is 10.4. The van der Waals surface area contributed by atoms with Gasteiger partial charge in [-0.1, -0.05) is 0 Å². The molecule has 0 atom stereocenters. The van der Waals surface area contributed by atoms with Crippen LogP contribution in [0.15, 0.2) is 29.3 Å². The summed E-state index contributed by atoms with van der Waals surface area (Å²) in [5.74, 6) is 1.10. The first kappa shape index (κ1) is 25.1. The molecule has 1 aromatic rings. The second-order valence-electron chi connectivity index (χ2n) is 8.35. The molecule has 1 aromatic carbocycles. The molecule has 0 saturated carbocycles. The number of alkyl carbamates (subject to hydrolysis) is 1. The van der Waals surface area contributed by atoms with Crippen molar-refractivity contribution in [1.82, 2.24) is 21.3 Å². The van der Waals surface area contributed by atoms with Crippen molar-refractivity contribution >= 4 is 18.0 Å². The minimum Gasteiger partial charge on any atom is -0.497 e. The number of carbonyl (C=O) groups excluding carboxylic acids is 2. The van der Waals surface area contributed by atoms with Gasteiger partial charge < -0.3 is 30.7 Å². The Bertz CT molecular complexity index is 724. The highest BCUT2D eigenvalue weighted by Crippen LogP contribution is 2.11. The highest BCUT2D eigenvalue weighted by atomic mass is 16.6. The zero-order chi connectivity index (χ0) is 22.8. The molecule has 0 aliphatic rings. The predicted octanol–water partition coefficient (Wildman–Crippen LogP) is 1.89. The number of ether oxygens (including phenoxy) is 2. The van der Waals surface area contributed by atoms with Crippen molar-refractivity contribution in [3.63, 3.8) is 0 Å². The van der Waals surface area contributed by atoms with Crippen molar-refractivity contribution in [2.75, 3.05) is 33.8 Å². The molecular weight excluding hydrogens is 386 g/mol. The molecule has 0 spiro atoms. The molecule has 2 amide bonds. The number of nitrogens with one attached hydrogen (secondary N) is 4. The lowest BCUT2D eigenvalue weighted by molar-refractivity contribution is 0.0473. The Morgan fingerprint density at radius 1 is 0.967 bits per heavy atom. The zero-order valence-electron chi connectivity index (χ0n) is 19.0. The van der Waals surface area contributed by atoms with Gasteiger partial charge in [-0.3, -0.25) is 9.79 Å². The molecule has 168 valence electrons. The Morgan fingerprint density at radius 2 is 1.57 bits per heavy atom. The fraction of sp³-hybridized carbons (Fsp3) is 0.571. The van der Waals surface area contributed by atoms with E-state index in [2.05, 4.69) is 26.3 Å². The van der Waals surface area contributed by atoms with Gasteiger partial charge in [-0.25, -0.2) is 4.79 Å². The molecule has 4 N–H and O–H groups in total. The van der Waals surface area contributed by atoms with Crippen LogP contribution in [-0.2, 0) is 4.74 Å². The van der Waals surface area contributed by atoms with Gasteiger partial charge in [0, 0.05) is 32.2 Å². The molecule has 0 aliphatic carbocycles. The van der Waals surface area contributed by atoms with Crippen LogP contribution in [0.4, 0.5) is 4.79 Å². The molecule has 0 fully saturated rings. The number of methoxy groups -OCH3 is 1. The lowest BCUT2D eigenvalue weighted by Gasteiger charge is -2.29. The van der Waals surface area contributed by atoms with E-state index < -0.39 is 17.2 Å². The molecular formula is C21H35N5O4. The van der Waals surface area contributed by atoms with Crippen molar-refractivity contribution in [2.45, 2.75) is 45.8 Å². The van der Waals surface area contributed by atoms with Crippen molar-refractivity contribution in [3.8, 4) is 5.75 Å². The summed E-state index contributed by atoms with van der Waals surface area (Å²) in [7, 11) is 3.23. The number of carbonyl (C=O) groups is 2. The van der Waals surface area contributed by atoms with E-state index in [0.717, 1.165) is 0 Å². The lowest BCUT2D eigenvalue weighted by Crippen LogP contribution is -2.54. The Balaban J connectivity index is 2.36. The largest absolute Gasteiger partial charge is 0.497 e. The molecule has 0 aliphatic heterocycles. The standard InChI is InChI=1S/C21H35N5O4/c1-20(2,3)30-19(28)26-21(4,5)14-25-18(22-6)24-13-12-23-17(27)15-8-10-16(29-7)11-9-15/h8-11H,12-14H2,1-7H3,(H,23,27)(H,26,28)(H2,22,24,25). The van der Waals surface area contributed by atoms with Crippen LogP contribution in [0, 0.1) is 0 Å². The number of hydrogen-bond acceptors (Lipinski definition) is 5. The fourth-order valence-corrected chi connectivity index (χ4v) is 2.35. The second-order valence-corrected chi connectivity index (χ2v) is 8.35. The smallest absolute Gasteiger partial charge is 0.408 e. The van der Waals surface area contributed by atoms with E-state index in [-0.39, 0.29) is 5.91 Å². The monoisotopic (exact) mass is 421 g/mol. The van der Waals surface area contributed by atoms with Crippen LogP contribution < -0.4 is 26.0 Å². The van der Waals surface area contributed by atoms with Crippen LogP contribution in [-0.4, -0.2) is 62.9 Å². The summed E-state index contributed by atoms with van der Waals surface area (Å²) in [6.07, 6.45) is -0.474. The quantitative estimate of drug-likeness (QED) is 0.290. The topological polar surface area (TPSA) is 113 Å². The molecule has 9 heteroatoms. The minimum absolute atomic E-state index is 0.162. The summed E-state index contributed by atoms with van der Waals surface area (Å²) in [6, 6.07) is 6.90. The Labute approximate surface area is 179 Å². The molecule has 0 radical (unpaired) electrons. The van der Waals surface area contributed by atoms with Crippen molar-refractivity contribution < 1.29 is 19.1 Å². The molecule has 0 saturated heterocycles. The Morgan fingerprint density at radius 3 is 2.10 bits per heavy atom. The summed E-state index contributed by atoms with van der Waals surface area (Å²) in [6.45, 7) is 10.6. The van der Waals surface area contributed by atoms with E-state index in [4.69, 9.17) is 9.47 Å². The maximum Gasteiger partial charge on any atom is 0.408 e. The summed E-state index contributed by atoms with van der Waals surface area (Å²) in [5.41, 5.74) is -0.544. The first-order valence-electron chi connectivity index (χ1n) is 9.84. The third-order valence-electron chi connectivity index (χ3n) is 3.82. The maximum absolute atomic E-state index is 12.1. The van der Waals surface area contributed by atoms with E-state index in [1.165, 1.54) is 0 Å². The van der Waals surface area contributed by atoms with E-state index in [1.807, 2.05) is 34.6 Å². The third-order valence-corrected chi connectivity index (χ3v) is 3.82. The van der Waals surface area contributed by atoms with Gasteiger partial charge >= 0.3 is 6.09 Å². The number of guanidine groups is 1. The normalized spacial score (nSPS) is 12.0. The van der Waals surface area contributed by atoms with Gasteiger partial charge in [-0.2, -0.15) is 0 Å². The molecule has 0 bridgehead atoms. The lowest BCUT2D eigenvalue weighted by atomic mass is 10.1. The molecule has 0 heterocycles. The zero-order valence-corrected chi connectivity index (χ0v) is 19.0. The van der Waals surface area contributed by atoms with Crippen LogP contribution in [0.1, 0.15) is 45.0 Å². The molecule has 0 aromatic heterocycles. The SMILES string of the molecule is CN=C(NCCNC(=O)c1ccc(OC)cc1)NCC(C)(C)NC(=O)OC(C)(C)C. The Kier molecular flexibility index (Phi) is 9.42. The fourth-order valence-electron chi connectivity index (χ4n) is 2.35. The third kappa shape index (κ3) is 9.99. The van der Waals surface area contributed by atoms with Crippen LogP contribution in [0.2, 0.25) is 0 Å². The van der Waals surface area contributed by atoms with Gasteiger partial charge in [0.2, 0.25) is 0 Å². The number of amides is 2. The number of hydrogen-bond donors (Lipinski definition) is 4. The van der Waals surface area contributed by atoms with Crippen molar-refractivity contribution in [1.29, 1.82) is 0 Å². The van der Waals surface area contributed by atoms with Gasteiger partial charge in [0.1, 0.15) is 11.4 Å². The number of aliphatic imine (C=N–C) groups is 1. The van der Waals surface area contributed by atoms with Gasteiger partial charge in [0.25, 0.3) is 5.91 Å². The second kappa shape index (κ2) is 11.3.